The Hall–Kier alpha value is -0.950. The maximum atomic E-state index is 6.42. The lowest BCUT2D eigenvalue weighted by atomic mass is 10.0. The first-order valence-corrected chi connectivity index (χ1v) is 5.48. The molecule has 1 aliphatic heterocycles. The van der Waals surface area contributed by atoms with Crippen molar-refractivity contribution in [1.82, 2.24) is 4.90 Å². The summed E-state index contributed by atoms with van der Waals surface area (Å²) in [7, 11) is 0. The first-order valence-electron chi connectivity index (χ1n) is 5.05. The van der Waals surface area contributed by atoms with Crippen LogP contribution in [-0.4, -0.2) is 10.9 Å². The number of hydrogen-bond donors (Lipinski definition) is 0. The van der Waals surface area contributed by atoms with Gasteiger partial charge in [0.05, 0.1) is 0 Å². The van der Waals surface area contributed by atoms with E-state index >= 15 is 0 Å². The van der Waals surface area contributed by atoms with Crippen molar-refractivity contribution in [1.29, 1.82) is 0 Å². The van der Waals surface area contributed by atoms with Crippen molar-refractivity contribution in [3.05, 3.63) is 41.6 Å². The van der Waals surface area contributed by atoms with Gasteiger partial charge in [-0.25, -0.2) is 0 Å². The van der Waals surface area contributed by atoms with Gasteiger partial charge in [-0.1, -0.05) is 35.9 Å². The summed E-state index contributed by atoms with van der Waals surface area (Å²) < 4.78 is 0. The molecule has 1 aliphatic carbocycles. The molecule has 0 bridgehead atoms. The smallest absolute Gasteiger partial charge is 0.130 e. The highest BCUT2D eigenvalue weighted by Gasteiger charge is 2.33. The molecule has 1 atom stereocenters. The predicted molar refractivity (Wildman–Crippen MR) is 58.9 cm³/mol. The van der Waals surface area contributed by atoms with Crippen LogP contribution >= 0.6 is 11.6 Å². The normalized spacial score (nSPS) is 24.9. The molecule has 2 aliphatic rings. The second kappa shape index (κ2) is 3.03. The largest absolute Gasteiger partial charge is 0.355 e. The summed E-state index contributed by atoms with van der Waals surface area (Å²) in [5, 5.41) is 0. The molecule has 1 nitrogen and oxygen atoms in total. The lowest BCUT2D eigenvalue weighted by Crippen LogP contribution is -2.24. The first kappa shape index (κ1) is 8.37. The number of nitrogens with zero attached hydrogens (tertiary/aromatic N) is 1. The Morgan fingerprint density at radius 1 is 1.21 bits per heavy atom. The Morgan fingerprint density at radius 2 is 2.00 bits per heavy atom. The third-order valence-electron chi connectivity index (χ3n) is 2.91. The maximum Gasteiger partial charge on any atom is 0.130 e. The van der Waals surface area contributed by atoms with Crippen molar-refractivity contribution in [2.45, 2.75) is 24.4 Å². The van der Waals surface area contributed by atoms with E-state index in [-0.39, 0.29) is 5.50 Å². The van der Waals surface area contributed by atoms with Gasteiger partial charge in [0.15, 0.2) is 0 Å². The fraction of sp³-hybridized carbons (Fsp3) is 0.333. The van der Waals surface area contributed by atoms with Crippen molar-refractivity contribution >= 4 is 17.7 Å². The Kier molecular flexibility index (Phi) is 1.81. The molecule has 0 amide bonds. The van der Waals surface area contributed by atoms with Gasteiger partial charge in [0.1, 0.15) is 5.50 Å². The maximum absolute atomic E-state index is 6.42. The highest BCUT2D eigenvalue weighted by molar-refractivity contribution is 6.21. The SMILES string of the molecule is ClC1c2ccccc2C=CN1C1CC1. The van der Waals surface area contributed by atoms with Gasteiger partial charge in [-0.2, -0.15) is 0 Å². The predicted octanol–water partition coefficient (Wildman–Crippen LogP) is 3.37. The number of fused-ring (bicyclic) bond motifs is 1. The molecule has 1 heterocycles. The molecule has 3 rings (SSSR count). The van der Waals surface area contributed by atoms with Crippen LogP contribution < -0.4 is 0 Å². The number of hydrogen-bond acceptors (Lipinski definition) is 1. The Morgan fingerprint density at radius 3 is 2.79 bits per heavy atom. The molecule has 1 fully saturated rings. The Bertz CT molecular complexity index is 382. The highest BCUT2D eigenvalue weighted by Crippen LogP contribution is 2.40. The third kappa shape index (κ3) is 1.24. The van der Waals surface area contributed by atoms with Crippen molar-refractivity contribution in [2.24, 2.45) is 0 Å². The lowest BCUT2D eigenvalue weighted by Gasteiger charge is -2.30. The molecule has 0 spiro atoms. The second-order valence-electron chi connectivity index (χ2n) is 3.96. The minimum Gasteiger partial charge on any atom is -0.355 e. The molecular formula is C12H12ClN. The molecule has 0 aromatic heterocycles. The third-order valence-corrected chi connectivity index (χ3v) is 3.37. The van der Waals surface area contributed by atoms with Crippen molar-refractivity contribution in [2.75, 3.05) is 0 Å². The van der Waals surface area contributed by atoms with Gasteiger partial charge < -0.3 is 4.90 Å². The van der Waals surface area contributed by atoms with Gasteiger partial charge in [-0.15, -0.1) is 0 Å². The summed E-state index contributed by atoms with van der Waals surface area (Å²) in [6.07, 6.45) is 6.87. The van der Waals surface area contributed by atoms with E-state index in [4.69, 9.17) is 11.6 Å². The summed E-state index contributed by atoms with van der Waals surface area (Å²) in [6, 6.07) is 9.03. The van der Waals surface area contributed by atoms with E-state index in [1.54, 1.807) is 0 Å². The van der Waals surface area contributed by atoms with Crippen molar-refractivity contribution < 1.29 is 0 Å². The zero-order valence-corrected chi connectivity index (χ0v) is 8.61. The topological polar surface area (TPSA) is 3.24 Å². The minimum absolute atomic E-state index is 0.0312. The molecule has 0 saturated heterocycles. The molecule has 2 heteroatoms. The van der Waals surface area contributed by atoms with Crippen molar-refractivity contribution in [3.8, 4) is 0 Å². The van der Waals surface area contributed by atoms with Crippen LogP contribution in [0.15, 0.2) is 30.5 Å². The Labute approximate surface area is 89.0 Å². The van der Waals surface area contributed by atoms with Crippen LogP contribution in [0.25, 0.3) is 6.08 Å². The van der Waals surface area contributed by atoms with Crippen LogP contribution in [0.5, 0.6) is 0 Å². The summed E-state index contributed by atoms with van der Waals surface area (Å²) in [4.78, 5) is 2.27. The quantitative estimate of drug-likeness (QED) is 0.502. The van der Waals surface area contributed by atoms with Crippen LogP contribution in [0.1, 0.15) is 29.5 Å². The van der Waals surface area contributed by atoms with E-state index in [0.29, 0.717) is 6.04 Å². The fourth-order valence-corrected chi connectivity index (χ4v) is 2.38. The molecule has 1 unspecified atom stereocenters. The minimum atomic E-state index is 0.0312. The molecule has 1 aromatic rings. The zero-order chi connectivity index (χ0) is 9.54. The van der Waals surface area contributed by atoms with E-state index in [0.717, 1.165) is 0 Å². The second-order valence-corrected chi connectivity index (χ2v) is 4.37. The summed E-state index contributed by atoms with van der Waals surface area (Å²) in [5.74, 6) is 0. The van der Waals surface area contributed by atoms with Gasteiger partial charge >= 0.3 is 0 Å². The molecule has 14 heavy (non-hydrogen) atoms. The summed E-state index contributed by atoms with van der Waals surface area (Å²) >= 11 is 6.42. The van der Waals surface area contributed by atoms with Crippen molar-refractivity contribution in [3.63, 3.8) is 0 Å². The van der Waals surface area contributed by atoms with Crippen LogP contribution in [0.4, 0.5) is 0 Å². The van der Waals surface area contributed by atoms with Gasteiger partial charge in [-0.05, 0) is 30.0 Å². The molecular weight excluding hydrogens is 194 g/mol. The fourth-order valence-electron chi connectivity index (χ4n) is 1.96. The number of alkyl halides is 1. The van der Waals surface area contributed by atoms with Gasteiger partial charge in [0, 0.05) is 12.2 Å². The van der Waals surface area contributed by atoms with Crippen LogP contribution in [-0.2, 0) is 0 Å². The molecule has 1 saturated carbocycles. The monoisotopic (exact) mass is 205 g/mol. The number of rotatable bonds is 1. The van der Waals surface area contributed by atoms with E-state index in [1.165, 1.54) is 24.0 Å². The van der Waals surface area contributed by atoms with E-state index in [2.05, 4.69) is 41.4 Å². The van der Waals surface area contributed by atoms with E-state index < -0.39 is 0 Å². The van der Waals surface area contributed by atoms with Crippen LogP contribution in [0, 0.1) is 0 Å². The summed E-state index contributed by atoms with van der Waals surface area (Å²) in [6.45, 7) is 0. The lowest BCUT2D eigenvalue weighted by molar-refractivity contribution is 0.341. The van der Waals surface area contributed by atoms with Crippen LogP contribution in [0.3, 0.4) is 0 Å². The van der Waals surface area contributed by atoms with Crippen LogP contribution in [0.2, 0.25) is 0 Å². The Balaban J connectivity index is 2.00. The van der Waals surface area contributed by atoms with E-state index in [9.17, 15) is 0 Å². The van der Waals surface area contributed by atoms with Gasteiger partial charge in [0.2, 0.25) is 0 Å². The average molecular weight is 206 g/mol. The summed E-state index contributed by atoms with van der Waals surface area (Å²) in [5.41, 5.74) is 2.52. The zero-order valence-electron chi connectivity index (χ0n) is 7.86. The standard InChI is InChI=1S/C12H12ClN/c13-12-11-4-2-1-3-9(11)7-8-14(12)10-5-6-10/h1-4,7-8,10,12H,5-6H2. The first-order chi connectivity index (χ1) is 6.86. The van der Waals surface area contributed by atoms with E-state index in [1.807, 2.05) is 0 Å². The van der Waals surface area contributed by atoms with Gasteiger partial charge in [-0.3, -0.25) is 0 Å². The molecule has 0 N–H and O–H groups in total. The number of benzene rings is 1. The average Bonchev–Trinajstić information content (AvgIpc) is 3.03. The number of halogens is 1. The molecule has 1 aromatic carbocycles. The highest BCUT2D eigenvalue weighted by atomic mass is 35.5. The van der Waals surface area contributed by atoms with Gasteiger partial charge in [0.25, 0.3) is 0 Å². The molecule has 0 radical (unpaired) electrons. The molecule has 72 valence electrons.